The maximum atomic E-state index is 14.7. The Morgan fingerprint density at radius 3 is 2.78 bits per heavy atom. The van der Waals surface area contributed by atoms with Crippen molar-refractivity contribution in [1.82, 2.24) is 19.7 Å². The van der Waals surface area contributed by atoms with E-state index in [1.807, 2.05) is 37.4 Å². The molecule has 0 aliphatic carbocycles. The van der Waals surface area contributed by atoms with Gasteiger partial charge in [0, 0.05) is 24.8 Å². The van der Waals surface area contributed by atoms with Crippen LogP contribution in [0.3, 0.4) is 0 Å². The summed E-state index contributed by atoms with van der Waals surface area (Å²) in [5, 5.41) is 4.48. The van der Waals surface area contributed by atoms with Crippen molar-refractivity contribution in [2.24, 2.45) is 7.05 Å². The van der Waals surface area contributed by atoms with E-state index in [0.717, 1.165) is 17.0 Å². The Morgan fingerprint density at radius 2 is 2.13 bits per heavy atom. The van der Waals surface area contributed by atoms with Crippen LogP contribution in [0.2, 0.25) is 0 Å². The topological polar surface area (TPSA) is 56.1 Å². The first-order valence-electron chi connectivity index (χ1n) is 7.88. The van der Waals surface area contributed by atoms with E-state index in [1.165, 1.54) is 6.33 Å². The van der Waals surface area contributed by atoms with E-state index in [-0.39, 0.29) is 11.9 Å². The van der Waals surface area contributed by atoms with Gasteiger partial charge in [-0.1, -0.05) is 6.92 Å². The molecule has 0 amide bonds. The highest BCUT2D eigenvalue weighted by Gasteiger charge is 2.32. The average Bonchev–Trinajstić information content (AvgIpc) is 2.80. The summed E-state index contributed by atoms with van der Waals surface area (Å²) in [6.07, 6.45) is 1.98. The summed E-state index contributed by atoms with van der Waals surface area (Å²) in [5.74, 6) is 0.0221. The van der Waals surface area contributed by atoms with Crippen molar-refractivity contribution in [3.8, 4) is 0 Å². The Labute approximate surface area is 135 Å². The van der Waals surface area contributed by atoms with E-state index in [0.29, 0.717) is 37.7 Å². The molecule has 1 saturated heterocycles. The SMILES string of the molecule is CCc1ncnc(N2CCOC[C@H]2c2c(C)nn(C)c2C)c1F. The third-order valence-corrected chi connectivity index (χ3v) is 4.48. The number of halogens is 1. The van der Waals surface area contributed by atoms with Gasteiger partial charge in [0.2, 0.25) is 0 Å². The van der Waals surface area contributed by atoms with Gasteiger partial charge in [-0.2, -0.15) is 5.10 Å². The summed E-state index contributed by atoms with van der Waals surface area (Å²) in [6, 6.07) is -0.0912. The van der Waals surface area contributed by atoms with Crippen LogP contribution in [-0.4, -0.2) is 39.5 Å². The molecule has 0 spiro atoms. The molecule has 1 fully saturated rings. The fourth-order valence-electron chi connectivity index (χ4n) is 3.21. The lowest BCUT2D eigenvalue weighted by Gasteiger charge is -2.37. The fraction of sp³-hybridized carbons (Fsp3) is 0.562. The molecule has 3 rings (SSSR count). The zero-order valence-corrected chi connectivity index (χ0v) is 14.0. The van der Waals surface area contributed by atoms with Crippen LogP contribution in [0.4, 0.5) is 10.2 Å². The largest absolute Gasteiger partial charge is 0.377 e. The van der Waals surface area contributed by atoms with Crippen LogP contribution in [0.25, 0.3) is 0 Å². The molecule has 6 nitrogen and oxygen atoms in total. The summed E-state index contributed by atoms with van der Waals surface area (Å²) in [6.45, 7) is 7.54. The number of hydrogen-bond donors (Lipinski definition) is 0. The molecule has 2 aromatic rings. The minimum Gasteiger partial charge on any atom is -0.377 e. The van der Waals surface area contributed by atoms with Crippen molar-refractivity contribution < 1.29 is 9.13 Å². The van der Waals surface area contributed by atoms with Crippen LogP contribution in [0.15, 0.2) is 6.33 Å². The molecule has 0 aromatic carbocycles. The van der Waals surface area contributed by atoms with Crippen LogP contribution < -0.4 is 4.90 Å². The van der Waals surface area contributed by atoms with E-state index in [4.69, 9.17) is 4.74 Å². The molecule has 124 valence electrons. The molecule has 0 N–H and O–H groups in total. The van der Waals surface area contributed by atoms with Gasteiger partial charge >= 0.3 is 0 Å². The van der Waals surface area contributed by atoms with Gasteiger partial charge in [0.05, 0.1) is 30.6 Å². The third-order valence-electron chi connectivity index (χ3n) is 4.48. The summed E-state index contributed by atoms with van der Waals surface area (Å²) in [5.41, 5.74) is 3.53. The molecule has 3 heterocycles. The second-order valence-corrected chi connectivity index (χ2v) is 5.80. The van der Waals surface area contributed by atoms with Crippen molar-refractivity contribution in [3.05, 3.63) is 34.8 Å². The van der Waals surface area contributed by atoms with E-state index >= 15 is 0 Å². The molecule has 0 saturated carbocycles. The van der Waals surface area contributed by atoms with Crippen molar-refractivity contribution in [2.75, 3.05) is 24.7 Å². The van der Waals surface area contributed by atoms with E-state index in [9.17, 15) is 4.39 Å². The number of anilines is 1. The molecule has 1 aliphatic heterocycles. The number of nitrogens with zero attached hydrogens (tertiary/aromatic N) is 5. The van der Waals surface area contributed by atoms with E-state index < -0.39 is 0 Å². The van der Waals surface area contributed by atoms with Crippen LogP contribution in [0, 0.1) is 19.7 Å². The molecule has 23 heavy (non-hydrogen) atoms. The predicted molar refractivity (Wildman–Crippen MR) is 85.0 cm³/mol. The van der Waals surface area contributed by atoms with Gasteiger partial charge in [-0.25, -0.2) is 14.4 Å². The molecule has 0 bridgehead atoms. The first-order valence-corrected chi connectivity index (χ1v) is 7.88. The third kappa shape index (κ3) is 2.69. The summed E-state index contributed by atoms with van der Waals surface area (Å²) < 4.78 is 22.2. The summed E-state index contributed by atoms with van der Waals surface area (Å²) in [4.78, 5) is 10.2. The average molecular weight is 319 g/mol. The highest BCUT2D eigenvalue weighted by atomic mass is 19.1. The summed E-state index contributed by atoms with van der Waals surface area (Å²) in [7, 11) is 1.92. The van der Waals surface area contributed by atoms with Gasteiger partial charge in [-0.3, -0.25) is 4.68 Å². The molecule has 7 heteroatoms. The van der Waals surface area contributed by atoms with Crippen molar-refractivity contribution in [3.63, 3.8) is 0 Å². The smallest absolute Gasteiger partial charge is 0.187 e. The number of morpholine rings is 1. The minimum absolute atomic E-state index is 0.0912. The molecular formula is C16H22FN5O. The van der Waals surface area contributed by atoms with E-state index in [2.05, 4.69) is 15.1 Å². The normalized spacial score (nSPS) is 18.5. The monoisotopic (exact) mass is 319 g/mol. The minimum atomic E-state index is -0.332. The Balaban J connectivity index is 2.06. The highest BCUT2D eigenvalue weighted by Crippen LogP contribution is 2.33. The van der Waals surface area contributed by atoms with Crippen LogP contribution >= 0.6 is 0 Å². The number of ether oxygens (including phenoxy) is 1. The quantitative estimate of drug-likeness (QED) is 0.867. The first kappa shape index (κ1) is 15.9. The number of aryl methyl sites for hydroxylation is 3. The molecule has 0 unspecified atom stereocenters. The lowest BCUT2D eigenvalue weighted by atomic mass is 10.0. The lowest BCUT2D eigenvalue weighted by Crippen LogP contribution is -2.41. The maximum absolute atomic E-state index is 14.7. The van der Waals surface area contributed by atoms with Gasteiger partial charge < -0.3 is 9.64 Å². The molecule has 2 aromatic heterocycles. The van der Waals surface area contributed by atoms with Gasteiger partial charge in [-0.05, 0) is 20.3 Å². The zero-order chi connectivity index (χ0) is 16.6. The Morgan fingerprint density at radius 1 is 1.35 bits per heavy atom. The Hall–Kier alpha value is -2.02. The lowest BCUT2D eigenvalue weighted by molar-refractivity contribution is 0.0929. The van der Waals surface area contributed by atoms with E-state index in [1.54, 1.807) is 0 Å². The van der Waals surface area contributed by atoms with Crippen molar-refractivity contribution >= 4 is 5.82 Å². The van der Waals surface area contributed by atoms with Crippen LogP contribution in [0.5, 0.6) is 0 Å². The Bertz CT molecular complexity index is 715. The van der Waals surface area contributed by atoms with Crippen LogP contribution in [-0.2, 0) is 18.2 Å². The number of aromatic nitrogens is 4. The Kier molecular flexibility index (Phi) is 4.30. The van der Waals surface area contributed by atoms with Crippen molar-refractivity contribution in [1.29, 1.82) is 0 Å². The van der Waals surface area contributed by atoms with Crippen LogP contribution in [0.1, 0.15) is 35.6 Å². The maximum Gasteiger partial charge on any atom is 0.187 e. The fourth-order valence-corrected chi connectivity index (χ4v) is 3.21. The predicted octanol–water partition coefficient (Wildman–Crippen LogP) is 2.11. The highest BCUT2D eigenvalue weighted by molar-refractivity contribution is 5.46. The van der Waals surface area contributed by atoms with Gasteiger partial charge in [0.25, 0.3) is 0 Å². The number of hydrogen-bond acceptors (Lipinski definition) is 5. The molecule has 0 radical (unpaired) electrons. The summed E-state index contributed by atoms with van der Waals surface area (Å²) >= 11 is 0. The van der Waals surface area contributed by atoms with Gasteiger partial charge in [0.15, 0.2) is 11.6 Å². The second-order valence-electron chi connectivity index (χ2n) is 5.80. The number of rotatable bonds is 3. The molecular weight excluding hydrogens is 297 g/mol. The standard InChI is InChI=1S/C16H22FN5O/c1-5-12-15(17)16(19-9-18-12)22-6-7-23-8-13(22)14-10(2)20-21(4)11(14)3/h9,13H,5-8H2,1-4H3/t13-/m0/s1. The first-order chi connectivity index (χ1) is 11.0. The molecule has 1 atom stereocenters. The van der Waals surface area contributed by atoms with Crippen molar-refractivity contribution in [2.45, 2.75) is 33.2 Å². The second kappa shape index (κ2) is 6.23. The molecule has 1 aliphatic rings. The van der Waals surface area contributed by atoms with Gasteiger partial charge in [-0.15, -0.1) is 0 Å². The zero-order valence-electron chi connectivity index (χ0n) is 14.0. The van der Waals surface area contributed by atoms with Gasteiger partial charge in [0.1, 0.15) is 6.33 Å².